The van der Waals surface area contributed by atoms with Gasteiger partial charge in [0.25, 0.3) is 0 Å². The fourth-order valence-corrected chi connectivity index (χ4v) is 3.99. The summed E-state index contributed by atoms with van der Waals surface area (Å²) in [4.78, 5) is 0. The van der Waals surface area contributed by atoms with Crippen molar-refractivity contribution in [3.8, 4) is 5.69 Å². The Morgan fingerprint density at radius 2 is 1.81 bits per heavy atom. The number of hydrogen-bond acceptors (Lipinski definition) is 1. The molecule has 1 heterocycles. The number of halogens is 1. The maximum absolute atomic E-state index is 14.1. The van der Waals surface area contributed by atoms with Gasteiger partial charge in [-0.3, -0.25) is 0 Å². The number of hydrogen-bond donors (Lipinski definition) is 0. The maximum Gasteiger partial charge on any atom is 0.148 e. The zero-order valence-electron chi connectivity index (χ0n) is 12.3. The lowest BCUT2D eigenvalue weighted by Crippen LogP contribution is -2.08. The number of nitrogens with zero attached hydrogens (tertiary/aromatic N) is 2. The Hall–Kier alpha value is -1.64. The SMILES string of the molecule is Fc1ccccc1-n1nc(C2CCCCC2)c2c1CCC2. The highest BCUT2D eigenvalue weighted by Gasteiger charge is 2.29. The predicted molar refractivity (Wildman–Crippen MR) is 81.4 cm³/mol. The lowest BCUT2D eigenvalue weighted by atomic mass is 9.85. The number of rotatable bonds is 2. The van der Waals surface area contributed by atoms with Crippen LogP contribution in [0.5, 0.6) is 0 Å². The first-order valence-corrected chi connectivity index (χ1v) is 8.20. The number of benzene rings is 1. The number of aromatic nitrogens is 2. The Morgan fingerprint density at radius 1 is 1.00 bits per heavy atom. The van der Waals surface area contributed by atoms with Gasteiger partial charge in [0.2, 0.25) is 0 Å². The van der Waals surface area contributed by atoms with Gasteiger partial charge in [-0.05, 0) is 49.8 Å². The molecule has 0 saturated heterocycles. The molecule has 0 atom stereocenters. The van der Waals surface area contributed by atoms with Crippen molar-refractivity contribution in [2.75, 3.05) is 0 Å². The summed E-state index contributed by atoms with van der Waals surface area (Å²) in [6, 6.07) is 7.00. The Kier molecular flexibility index (Phi) is 3.28. The standard InChI is InChI=1S/C18H21FN2/c19-15-10-4-5-11-17(15)21-16-12-6-9-14(16)18(20-21)13-7-2-1-3-8-13/h4-5,10-11,13H,1-3,6-9,12H2. The molecule has 3 heteroatoms. The topological polar surface area (TPSA) is 17.8 Å². The minimum atomic E-state index is -0.176. The average molecular weight is 284 g/mol. The van der Waals surface area contributed by atoms with Gasteiger partial charge in [0.05, 0.1) is 5.69 Å². The minimum Gasteiger partial charge on any atom is -0.234 e. The molecule has 0 N–H and O–H groups in total. The third-order valence-corrected chi connectivity index (χ3v) is 5.03. The summed E-state index contributed by atoms with van der Waals surface area (Å²) < 4.78 is 16.0. The molecule has 0 spiro atoms. The van der Waals surface area contributed by atoms with Crippen molar-refractivity contribution < 1.29 is 4.39 Å². The van der Waals surface area contributed by atoms with Crippen molar-refractivity contribution >= 4 is 0 Å². The minimum absolute atomic E-state index is 0.176. The van der Waals surface area contributed by atoms with E-state index in [1.807, 2.05) is 16.8 Å². The molecular weight excluding hydrogens is 263 g/mol. The number of fused-ring (bicyclic) bond motifs is 1. The lowest BCUT2D eigenvalue weighted by molar-refractivity contribution is 0.432. The molecule has 110 valence electrons. The molecule has 1 aromatic heterocycles. The zero-order chi connectivity index (χ0) is 14.2. The first kappa shape index (κ1) is 13.1. The van der Waals surface area contributed by atoms with Gasteiger partial charge in [-0.25, -0.2) is 9.07 Å². The molecule has 1 fully saturated rings. The van der Waals surface area contributed by atoms with E-state index in [2.05, 4.69) is 0 Å². The van der Waals surface area contributed by atoms with Gasteiger partial charge in [0.1, 0.15) is 11.5 Å². The van der Waals surface area contributed by atoms with E-state index in [1.54, 1.807) is 6.07 Å². The second kappa shape index (κ2) is 5.28. The fourth-order valence-electron chi connectivity index (χ4n) is 3.99. The summed E-state index contributed by atoms with van der Waals surface area (Å²) in [6.45, 7) is 0. The molecular formula is C18H21FN2. The third-order valence-electron chi connectivity index (χ3n) is 5.03. The summed E-state index contributed by atoms with van der Waals surface area (Å²) in [7, 11) is 0. The number of para-hydroxylation sites is 1. The summed E-state index contributed by atoms with van der Waals surface area (Å²) in [5.41, 5.74) is 4.55. The molecule has 21 heavy (non-hydrogen) atoms. The van der Waals surface area contributed by atoms with Gasteiger partial charge in [0.15, 0.2) is 0 Å². The molecule has 0 aliphatic heterocycles. The van der Waals surface area contributed by atoms with Crippen LogP contribution < -0.4 is 0 Å². The van der Waals surface area contributed by atoms with Gasteiger partial charge in [-0.1, -0.05) is 31.4 Å². The Balaban J connectivity index is 1.80. The third kappa shape index (κ3) is 2.19. The van der Waals surface area contributed by atoms with Crippen LogP contribution in [0.25, 0.3) is 5.69 Å². The van der Waals surface area contributed by atoms with Crippen LogP contribution in [0.4, 0.5) is 4.39 Å². The van der Waals surface area contributed by atoms with E-state index in [9.17, 15) is 4.39 Å². The molecule has 2 aliphatic carbocycles. The van der Waals surface area contributed by atoms with E-state index in [1.165, 1.54) is 61.5 Å². The van der Waals surface area contributed by atoms with Crippen molar-refractivity contribution in [3.63, 3.8) is 0 Å². The van der Waals surface area contributed by atoms with Crippen molar-refractivity contribution in [1.82, 2.24) is 9.78 Å². The van der Waals surface area contributed by atoms with Crippen LogP contribution in [0.3, 0.4) is 0 Å². The highest BCUT2D eigenvalue weighted by molar-refractivity contribution is 5.41. The van der Waals surface area contributed by atoms with Crippen LogP contribution in [0.1, 0.15) is 61.4 Å². The molecule has 1 saturated carbocycles. The van der Waals surface area contributed by atoms with Gasteiger partial charge < -0.3 is 0 Å². The molecule has 0 amide bonds. The first-order valence-electron chi connectivity index (χ1n) is 8.20. The molecule has 1 aromatic carbocycles. The fraction of sp³-hybridized carbons (Fsp3) is 0.500. The van der Waals surface area contributed by atoms with E-state index in [0.717, 1.165) is 12.8 Å². The highest BCUT2D eigenvalue weighted by Crippen LogP contribution is 2.38. The van der Waals surface area contributed by atoms with Gasteiger partial charge in [0, 0.05) is 11.6 Å². The van der Waals surface area contributed by atoms with Gasteiger partial charge in [-0.2, -0.15) is 5.10 Å². The van der Waals surface area contributed by atoms with Crippen LogP contribution in [0.15, 0.2) is 24.3 Å². The second-order valence-corrected chi connectivity index (χ2v) is 6.36. The average Bonchev–Trinajstić information content (AvgIpc) is 3.11. The second-order valence-electron chi connectivity index (χ2n) is 6.36. The molecule has 4 rings (SSSR count). The summed E-state index contributed by atoms with van der Waals surface area (Å²) in [5.74, 6) is 0.420. The molecule has 0 radical (unpaired) electrons. The van der Waals surface area contributed by atoms with Gasteiger partial charge in [-0.15, -0.1) is 0 Å². The van der Waals surface area contributed by atoms with E-state index in [0.29, 0.717) is 11.6 Å². The normalized spacial score (nSPS) is 18.9. The summed E-state index contributed by atoms with van der Waals surface area (Å²) >= 11 is 0. The Bertz CT molecular complexity index is 653. The first-order chi connectivity index (χ1) is 10.3. The van der Waals surface area contributed by atoms with Crippen LogP contribution in [-0.2, 0) is 12.8 Å². The van der Waals surface area contributed by atoms with Crippen LogP contribution in [0.2, 0.25) is 0 Å². The molecule has 0 bridgehead atoms. The molecule has 2 nitrogen and oxygen atoms in total. The van der Waals surface area contributed by atoms with E-state index in [4.69, 9.17) is 5.10 Å². The molecule has 0 unspecified atom stereocenters. The highest BCUT2D eigenvalue weighted by atomic mass is 19.1. The van der Waals surface area contributed by atoms with Crippen molar-refractivity contribution in [2.45, 2.75) is 57.3 Å². The zero-order valence-corrected chi connectivity index (χ0v) is 12.3. The smallest absolute Gasteiger partial charge is 0.148 e. The maximum atomic E-state index is 14.1. The predicted octanol–water partition coefficient (Wildman–Crippen LogP) is 4.55. The Morgan fingerprint density at radius 3 is 2.62 bits per heavy atom. The van der Waals surface area contributed by atoms with E-state index < -0.39 is 0 Å². The van der Waals surface area contributed by atoms with Crippen LogP contribution in [-0.4, -0.2) is 9.78 Å². The van der Waals surface area contributed by atoms with Crippen LogP contribution in [0, 0.1) is 5.82 Å². The van der Waals surface area contributed by atoms with Crippen molar-refractivity contribution in [3.05, 3.63) is 47.0 Å². The quantitative estimate of drug-likeness (QED) is 0.791. The van der Waals surface area contributed by atoms with E-state index >= 15 is 0 Å². The monoisotopic (exact) mass is 284 g/mol. The van der Waals surface area contributed by atoms with Crippen molar-refractivity contribution in [1.29, 1.82) is 0 Å². The van der Waals surface area contributed by atoms with Crippen LogP contribution >= 0.6 is 0 Å². The summed E-state index contributed by atoms with van der Waals surface area (Å²) in [5, 5.41) is 4.86. The molecule has 2 aliphatic rings. The Labute approximate surface area is 125 Å². The van der Waals surface area contributed by atoms with Crippen molar-refractivity contribution in [2.24, 2.45) is 0 Å². The van der Waals surface area contributed by atoms with E-state index in [-0.39, 0.29) is 5.82 Å². The largest absolute Gasteiger partial charge is 0.234 e. The molecule has 2 aromatic rings. The summed E-state index contributed by atoms with van der Waals surface area (Å²) in [6.07, 6.45) is 9.81. The lowest BCUT2D eigenvalue weighted by Gasteiger charge is -2.20. The van der Waals surface area contributed by atoms with Gasteiger partial charge >= 0.3 is 0 Å².